The minimum absolute atomic E-state index is 0.103. The molecule has 3 rings (SSSR count). The van der Waals surface area contributed by atoms with Crippen molar-refractivity contribution in [1.29, 1.82) is 0 Å². The maximum Gasteiger partial charge on any atom is 0.345 e. The van der Waals surface area contributed by atoms with E-state index in [1.54, 1.807) is 6.20 Å². The third-order valence-corrected chi connectivity index (χ3v) is 5.32. The van der Waals surface area contributed by atoms with Crippen molar-refractivity contribution in [3.05, 3.63) is 59.9 Å². The second-order valence-electron chi connectivity index (χ2n) is 7.01. The summed E-state index contributed by atoms with van der Waals surface area (Å²) in [6, 6.07) is 14.2. The quantitative estimate of drug-likeness (QED) is 0.558. The van der Waals surface area contributed by atoms with E-state index in [2.05, 4.69) is 47.1 Å². The summed E-state index contributed by atoms with van der Waals surface area (Å²) in [5.41, 5.74) is 2.98. The summed E-state index contributed by atoms with van der Waals surface area (Å²) in [5, 5.41) is 5.39. The Morgan fingerprint density at radius 1 is 1.22 bits per heavy atom. The van der Waals surface area contributed by atoms with E-state index in [9.17, 15) is 4.79 Å². The number of hydrazone groups is 1. The molecule has 0 bridgehead atoms. The van der Waals surface area contributed by atoms with Gasteiger partial charge in [-0.25, -0.2) is 4.79 Å². The normalized spacial score (nSPS) is 14.8. The average molecular weight is 364 g/mol. The van der Waals surface area contributed by atoms with Crippen molar-refractivity contribution in [3.63, 3.8) is 0 Å². The van der Waals surface area contributed by atoms with Crippen LogP contribution in [0.3, 0.4) is 0 Å². The van der Waals surface area contributed by atoms with Crippen molar-refractivity contribution >= 4 is 18.4 Å². The Hall–Kier alpha value is -2.69. The molecule has 1 fully saturated rings. The molecule has 142 valence electrons. The summed E-state index contributed by atoms with van der Waals surface area (Å²) in [7, 11) is 0. The molecule has 27 heavy (non-hydrogen) atoms. The van der Waals surface area contributed by atoms with Crippen molar-refractivity contribution in [3.8, 4) is 0 Å². The Morgan fingerprint density at radius 3 is 2.63 bits per heavy atom. The van der Waals surface area contributed by atoms with Crippen molar-refractivity contribution in [2.75, 3.05) is 18.1 Å². The van der Waals surface area contributed by atoms with Gasteiger partial charge in [0.2, 0.25) is 0 Å². The van der Waals surface area contributed by atoms with E-state index < -0.39 is 0 Å². The van der Waals surface area contributed by atoms with Gasteiger partial charge in [0.1, 0.15) is 0 Å². The predicted octanol–water partition coefficient (Wildman–Crippen LogP) is 4.53. The van der Waals surface area contributed by atoms with Crippen LogP contribution >= 0.6 is 0 Å². The fourth-order valence-electron chi connectivity index (χ4n) is 3.70. The van der Waals surface area contributed by atoms with E-state index in [0.29, 0.717) is 5.92 Å². The number of aromatic nitrogens is 1. The molecule has 0 aliphatic carbocycles. The number of amides is 2. The standard InChI is InChI=1S/C22H28N4O/c1-3-20-21(10-7-15-24-20)26(23-2)22(27)25-16-13-19(14-17-25)12-11-18-8-5-4-6-9-18/h4-10,15,19H,2-3,11-14,16-17H2,1H3. The highest BCUT2D eigenvalue weighted by atomic mass is 16.2. The average Bonchev–Trinajstić information content (AvgIpc) is 2.74. The van der Waals surface area contributed by atoms with Crippen LogP contribution in [-0.4, -0.2) is 35.7 Å². The third-order valence-electron chi connectivity index (χ3n) is 5.32. The number of carbonyl (C=O) groups is 1. The Morgan fingerprint density at radius 2 is 1.96 bits per heavy atom. The van der Waals surface area contributed by atoms with E-state index in [4.69, 9.17) is 0 Å². The number of urea groups is 1. The van der Waals surface area contributed by atoms with Gasteiger partial charge in [0.25, 0.3) is 0 Å². The summed E-state index contributed by atoms with van der Waals surface area (Å²) >= 11 is 0. The molecule has 0 atom stereocenters. The Bertz CT molecular complexity index is 754. The first-order chi connectivity index (χ1) is 13.2. The van der Waals surface area contributed by atoms with Crippen LogP contribution in [0.25, 0.3) is 0 Å². The number of pyridine rings is 1. The molecule has 1 aliphatic heterocycles. The number of anilines is 1. The van der Waals surface area contributed by atoms with Crippen molar-refractivity contribution in [2.45, 2.75) is 39.0 Å². The van der Waals surface area contributed by atoms with Gasteiger partial charge in [-0.05, 0) is 55.7 Å². The number of hydrogen-bond donors (Lipinski definition) is 0. The number of nitrogens with zero attached hydrogens (tertiary/aromatic N) is 4. The first-order valence-electron chi connectivity index (χ1n) is 9.76. The topological polar surface area (TPSA) is 48.8 Å². The lowest BCUT2D eigenvalue weighted by Crippen LogP contribution is -2.45. The maximum absolute atomic E-state index is 13.0. The van der Waals surface area contributed by atoms with Crippen LogP contribution in [0.4, 0.5) is 10.5 Å². The monoisotopic (exact) mass is 364 g/mol. The van der Waals surface area contributed by atoms with Crippen LogP contribution in [0.5, 0.6) is 0 Å². The molecule has 1 saturated heterocycles. The predicted molar refractivity (Wildman–Crippen MR) is 110 cm³/mol. The van der Waals surface area contributed by atoms with Gasteiger partial charge >= 0.3 is 6.03 Å². The minimum atomic E-state index is -0.103. The molecule has 0 saturated carbocycles. The second-order valence-corrected chi connectivity index (χ2v) is 7.01. The lowest BCUT2D eigenvalue weighted by molar-refractivity contribution is 0.174. The van der Waals surface area contributed by atoms with E-state index in [-0.39, 0.29) is 6.03 Å². The van der Waals surface area contributed by atoms with Gasteiger partial charge in [-0.3, -0.25) is 4.98 Å². The maximum atomic E-state index is 13.0. The van der Waals surface area contributed by atoms with Crippen molar-refractivity contribution in [1.82, 2.24) is 9.88 Å². The highest BCUT2D eigenvalue weighted by Crippen LogP contribution is 2.26. The lowest BCUT2D eigenvalue weighted by atomic mass is 9.90. The molecule has 0 unspecified atom stereocenters. The van der Waals surface area contributed by atoms with Crippen LogP contribution in [0.1, 0.15) is 37.4 Å². The largest absolute Gasteiger partial charge is 0.345 e. The minimum Gasteiger partial charge on any atom is -0.323 e. The first kappa shape index (κ1) is 19.1. The molecule has 1 aromatic heterocycles. The number of benzene rings is 1. The van der Waals surface area contributed by atoms with Gasteiger partial charge < -0.3 is 4.90 Å². The highest BCUT2D eigenvalue weighted by molar-refractivity contribution is 5.92. The molecule has 2 amide bonds. The zero-order valence-electron chi connectivity index (χ0n) is 16.1. The van der Waals surface area contributed by atoms with Crippen molar-refractivity contribution < 1.29 is 4.79 Å². The second kappa shape index (κ2) is 9.31. The van der Waals surface area contributed by atoms with E-state index in [0.717, 1.165) is 50.2 Å². The molecule has 5 nitrogen and oxygen atoms in total. The van der Waals surface area contributed by atoms with Gasteiger partial charge in [-0.1, -0.05) is 37.3 Å². The summed E-state index contributed by atoms with van der Waals surface area (Å²) in [4.78, 5) is 19.2. The molecule has 1 aliphatic rings. The molecule has 1 aromatic carbocycles. The fraction of sp³-hybridized carbons (Fsp3) is 0.409. The van der Waals surface area contributed by atoms with Gasteiger partial charge in [-0.15, -0.1) is 0 Å². The molecular formula is C22H28N4O. The van der Waals surface area contributed by atoms with Crippen LogP contribution in [-0.2, 0) is 12.8 Å². The molecular weight excluding hydrogens is 336 g/mol. The van der Waals surface area contributed by atoms with E-state index in [1.807, 2.05) is 24.0 Å². The molecule has 0 spiro atoms. The third kappa shape index (κ3) is 4.73. The summed E-state index contributed by atoms with van der Waals surface area (Å²) < 4.78 is 0. The Labute approximate surface area is 161 Å². The molecule has 0 radical (unpaired) electrons. The summed E-state index contributed by atoms with van der Waals surface area (Å²) in [5.74, 6) is 0.670. The van der Waals surface area contributed by atoms with E-state index in [1.165, 1.54) is 17.0 Å². The fourth-order valence-corrected chi connectivity index (χ4v) is 3.70. The molecule has 2 heterocycles. The zero-order chi connectivity index (χ0) is 19.1. The zero-order valence-corrected chi connectivity index (χ0v) is 16.1. The number of rotatable bonds is 6. The number of hydrogen-bond acceptors (Lipinski definition) is 3. The summed E-state index contributed by atoms with van der Waals surface area (Å²) in [6.45, 7) is 7.17. The van der Waals surface area contributed by atoms with Gasteiger partial charge in [-0.2, -0.15) is 10.1 Å². The van der Waals surface area contributed by atoms with Gasteiger partial charge in [0, 0.05) is 26.0 Å². The SMILES string of the molecule is C=NN(C(=O)N1CCC(CCc2ccccc2)CC1)c1cccnc1CC. The number of aryl methyl sites for hydroxylation is 2. The Kier molecular flexibility index (Phi) is 6.58. The highest BCUT2D eigenvalue weighted by Gasteiger charge is 2.27. The molecule has 2 aromatic rings. The van der Waals surface area contributed by atoms with Crippen LogP contribution in [0.2, 0.25) is 0 Å². The van der Waals surface area contributed by atoms with Gasteiger partial charge in [0.05, 0.1) is 11.4 Å². The van der Waals surface area contributed by atoms with Crippen LogP contribution < -0.4 is 5.01 Å². The molecule has 5 heteroatoms. The van der Waals surface area contributed by atoms with Crippen LogP contribution in [0.15, 0.2) is 53.8 Å². The lowest BCUT2D eigenvalue weighted by Gasteiger charge is -2.34. The smallest absolute Gasteiger partial charge is 0.323 e. The first-order valence-corrected chi connectivity index (χ1v) is 9.76. The summed E-state index contributed by atoms with van der Waals surface area (Å²) in [6.07, 6.45) is 6.85. The number of piperidine rings is 1. The molecule has 0 N–H and O–H groups in total. The van der Waals surface area contributed by atoms with Gasteiger partial charge in [0.15, 0.2) is 0 Å². The number of likely N-dealkylation sites (tertiary alicyclic amines) is 1. The van der Waals surface area contributed by atoms with Crippen molar-refractivity contribution in [2.24, 2.45) is 11.0 Å². The van der Waals surface area contributed by atoms with E-state index >= 15 is 0 Å². The van der Waals surface area contributed by atoms with Crippen LogP contribution in [0, 0.1) is 5.92 Å². The number of carbonyl (C=O) groups excluding carboxylic acids is 1. The Balaban J connectivity index is 1.56.